The summed E-state index contributed by atoms with van der Waals surface area (Å²) in [5.41, 5.74) is 6.52. The topological polar surface area (TPSA) is 86.2 Å². The first-order valence-electron chi connectivity index (χ1n) is 4.67. The summed E-state index contributed by atoms with van der Waals surface area (Å²) in [6.07, 6.45) is 3.32. The van der Waals surface area contributed by atoms with Crippen LogP contribution in [0.15, 0.2) is 12.5 Å². The van der Waals surface area contributed by atoms with Crippen LogP contribution in [0.3, 0.4) is 0 Å². The van der Waals surface area contributed by atoms with E-state index in [1.165, 1.54) is 6.33 Å². The van der Waals surface area contributed by atoms with E-state index in [4.69, 9.17) is 15.6 Å². The summed E-state index contributed by atoms with van der Waals surface area (Å²) in [7, 11) is 0. The van der Waals surface area contributed by atoms with Gasteiger partial charge in [0.25, 0.3) is 0 Å². The van der Waals surface area contributed by atoms with E-state index in [-0.39, 0.29) is 6.61 Å². The number of rotatable bonds is 4. The fraction of sp³-hybridized carbons (Fsp3) is 0.333. The van der Waals surface area contributed by atoms with Crippen molar-refractivity contribution in [1.82, 2.24) is 14.5 Å². The van der Waals surface area contributed by atoms with Crippen LogP contribution in [0.2, 0.25) is 0 Å². The van der Waals surface area contributed by atoms with E-state index in [0.717, 1.165) is 14.6 Å². The molecule has 0 bridgehead atoms. The number of hydrogen-bond acceptors (Lipinski definition) is 5. The van der Waals surface area contributed by atoms with Gasteiger partial charge in [0.1, 0.15) is 24.5 Å². The van der Waals surface area contributed by atoms with Crippen molar-refractivity contribution in [1.29, 1.82) is 0 Å². The molecule has 0 unspecified atom stereocenters. The van der Waals surface area contributed by atoms with E-state index >= 15 is 0 Å². The van der Waals surface area contributed by atoms with Gasteiger partial charge in [-0.1, -0.05) is 0 Å². The van der Waals surface area contributed by atoms with Gasteiger partial charge in [-0.2, -0.15) is 0 Å². The lowest BCUT2D eigenvalue weighted by Gasteiger charge is -2.04. The van der Waals surface area contributed by atoms with E-state index < -0.39 is 0 Å². The van der Waals surface area contributed by atoms with Crippen LogP contribution in [-0.2, 0) is 11.5 Å². The Morgan fingerprint density at radius 2 is 2.31 bits per heavy atom. The number of hydrogen-bond donors (Lipinski definition) is 2. The molecule has 0 aromatic carbocycles. The molecular weight excluding hydrogens is 323 g/mol. The number of aromatic nitrogens is 3. The molecule has 86 valence electrons. The van der Waals surface area contributed by atoms with Gasteiger partial charge in [-0.25, -0.2) is 9.97 Å². The number of aliphatic hydroxyl groups excluding tert-OH is 1. The highest BCUT2D eigenvalue weighted by Crippen LogP contribution is 2.24. The van der Waals surface area contributed by atoms with Crippen LogP contribution in [0.4, 0.5) is 5.82 Å². The van der Waals surface area contributed by atoms with E-state index in [1.54, 1.807) is 0 Å². The Morgan fingerprint density at radius 1 is 1.50 bits per heavy atom. The molecule has 0 atom stereocenters. The molecule has 0 radical (unpaired) electrons. The minimum absolute atomic E-state index is 0.00736. The molecular formula is C9H11IN4O2. The fourth-order valence-electron chi connectivity index (χ4n) is 1.42. The average molecular weight is 334 g/mol. The van der Waals surface area contributed by atoms with Crippen LogP contribution in [0.25, 0.3) is 11.0 Å². The number of fused-ring (bicyclic) bond motifs is 1. The molecule has 2 aromatic heterocycles. The zero-order valence-electron chi connectivity index (χ0n) is 8.43. The lowest BCUT2D eigenvalue weighted by atomic mass is 10.4. The summed E-state index contributed by atoms with van der Waals surface area (Å²) in [5, 5.41) is 9.47. The van der Waals surface area contributed by atoms with Gasteiger partial charge >= 0.3 is 0 Å². The lowest BCUT2D eigenvalue weighted by molar-refractivity contribution is 0.0501. The quantitative estimate of drug-likeness (QED) is 0.631. The molecule has 0 aliphatic rings. The second-order valence-electron chi connectivity index (χ2n) is 3.17. The van der Waals surface area contributed by atoms with E-state index in [9.17, 15) is 0 Å². The molecule has 0 fully saturated rings. The van der Waals surface area contributed by atoms with Crippen LogP contribution in [-0.4, -0.2) is 32.9 Å². The molecule has 3 N–H and O–H groups in total. The van der Waals surface area contributed by atoms with Gasteiger partial charge in [-0.15, -0.1) is 0 Å². The molecule has 0 saturated carbocycles. The highest BCUT2D eigenvalue weighted by molar-refractivity contribution is 14.1. The van der Waals surface area contributed by atoms with Crippen molar-refractivity contribution >= 4 is 39.4 Å². The summed E-state index contributed by atoms with van der Waals surface area (Å²) in [6.45, 7) is 0.654. The van der Waals surface area contributed by atoms with Crippen molar-refractivity contribution in [2.24, 2.45) is 0 Å². The summed E-state index contributed by atoms with van der Waals surface area (Å²) in [5.74, 6) is 0.468. The van der Waals surface area contributed by atoms with Gasteiger partial charge in [0.15, 0.2) is 0 Å². The Morgan fingerprint density at radius 3 is 3.06 bits per heavy atom. The highest BCUT2D eigenvalue weighted by atomic mass is 127. The zero-order chi connectivity index (χ0) is 11.5. The summed E-state index contributed by atoms with van der Waals surface area (Å²) < 4.78 is 8.06. The molecule has 6 nitrogen and oxygen atoms in total. The number of anilines is 1. The smallest absolute Gasteiger partial charge is 0.148 e. The first-order valence-corrected chi connectivity index (χ1v) is 5.75. The van der Waals surface area contributed by atoms with Crippen molar-refractivity contribution in [2.75, 3.05) is 18.9 Å². The molecule has 0 spiro atoms. The van der Waals surface area contributed by atoms with E-state index in [1.807, 2.05) is 10.8 Å². The monoisotopic (exact) mass is 334 g/mol. The second kappa shape index (κ2) is 4.93. The van der Waals surface area contributed by atoms with Crippen molar-refractivity contribution in [3.63, 3.8) is 0 Å². The molecule has 0 aliphatic heterocycles. The van der Waals surface area contributed by atoms with Gasteiger partial charge in [-0.3, -0.25) is 0 Å². The van der Waals surface area contributed by atoms with Crippen molar-refractivity contribution in [3.8, 4) is 0 Å². The Bertz CT molecular complexity index is 499. The molecule has 0 aliphatic carbocycles. The number of halogens is 1. The van der Waals surface area contributed by atoms with Gasteiger partial charge < -0.3 is 20.1 Å². The highest BCUT2D eigenvalue weighted by Gasteiger charge is 2.10. The van der Waals surface area contributed by atoms with Gasteiger partial charge in [0.05, 0.1) is 18.6 Å². The van der Waals surface area contributed by atoms with E-state index in [0.29, 0.717) is 19.2 Å². The molecule has 2 rings (SSSR count). The number of nitrogens with two attached hydrogens (primary N) is 1. The molecule has 16 heavy (non-hydrogen) atoms. The number of nitrogens with zero attached hydrogens (tertiary/aromatic N) is 3. The fourth-order valence-corrected chi connectivity index (χ4v) is 2.28. The predicted octanol–water partition coefficient (Wildman–Crippen LogP) is 0.585. The Kier molecular flexibility index (Phi) is 3.56. The number of ether oxygens (including phenoxy) is 1. The van der Waals surface area contributed by atoms with Crippen molar-refractivity contribution < 1.29 is 9.84 Å². The lowest BCUT2D eigenvalue weighted by Crippen LogP contribution is -2.05. The second-order valence-corrected chi connectivity index (χ2v) is 4.33. The zero-order valence-corrected chi connectivity index (χ0v) is 10.6. The molecule has 2 heterocycles. The molecule has 0 amide bonds. The molecule has 7 heteroatoms. The van der Waals surface area contributed by atoms with Crippen molar-refractivity contribution in [2.45, 2.75) is 6.73 Å². The third kappa shape index (κ3) is 2.11. The summed E-state index contributed by atoms with van der Waals surface area (Å²) >= 11 is 2.18. The third-order valence-electron chi connectivity index (χ3n) is 2.10. The normalized spacial score (nSPS) is 11.1. The maximum absolute atomic E-state index is 8.63. The number of nitrogen functional groups attached to an aromatic ring is 1. The maximum atomic E-state index is 8.63. The van der Waals surface area contributed by atoms with Crippen LogP contribution in [0.5, 0.6) is 0 Å². The van der Waals surface area contributed by atoms with Crippen LogP contribution >= 0.6 is 22.6 Å². The standard InChI is InChI=1S/C9H11IN4O2/c10-6-3-14(5-16-2-1-15)9-7(6)8(11)12-4-13-9/h3-4,15H,1-2,5H2,(H2,11,12,13). The van der Waals surface area contributed by atoms with Crippen molar-refractivity contribution in [3.05, 3.63) is 16.1 Å². The Hall–Kier alpha value is -0.930. The van der Waals surface area contributed by atoms with Gasteiger partial charge in [0.2, 0.25) is 0 Å². The first kappa shape index (κ1) is 11.6. The van der Waals surface area contributed by atoms with Gasteiger partial charge in [-0.05, 0) is 22.6 Å². The average Bonchev–Trinajstić information content (AvgIpc) is 2.58. The van der Waals surface area contributed by atoms with Gasteiger partial charge in [0, 0.05) is 9.77 Å². The molecule has 2 aromatic rings. The number of aliphatic hydroxyl groups is 1. The van der Waals surface area contributed by atoms with Crippen LogP contribution < -0.4 is 5.73 Å². The van der Waals surface area contributed by atoms with Crippen LogP contribution in [0.1, 0.15) is 0 Å². The summed E-state index contributed by atoms with van der Waals surface area (Å²) in [4.78, 5) is 8.11. The van der Waals surface area contributed by atoms with E-state index in [2.05, 4.69) is 32.6 Å². The third-order valence-corrected chi connectivity index (χ3v) is 2.92. The largest absolute Gasteiger partial charge is 0.394 e. The first-order chi connectivity index (χ1) is 7.74. The summed E-state index contributed by atoms with van der Waals surface area (Å²) in [6, 6.07) is 0. The minimum Gasteiger partial charge on any atom is -0.394 e. The SMILES string of the molecule is Nc1ncnc2c1c(I)cn2COCCO. The predicted molar refractivity (Wildman–Crippen MR) is 67.7 cm³/mol. The van der Waals surface area contributed by atoms with Crippen LogP contribution in [0, 0.1) is 3.57 Å². The Balaban J connectivity index is 2.36. The minimum atomic E-state index is 0.00736. The Labute approximate surface area is 106 Å². The maximum Gasteiger partial charge on any atom is 0.148 e. The molecule has 0 saturated heterocycles.